The first-order valence-electron chi connectivity index (χ1n) is 6.44. The van der Waals surface area contributed by atoms with Gasteiger partial charge in [-0.1, -0.05) is 28.7 Å². The summed E-state index contributed by atoms with van der Waals surface area (Å²) >= 11 is 2.59. The average Bonchev–Trinajstić information content (AvgIpc) is 2.39. The minimum atomic E-state index is 0.472. The van der Waals surface area contributed by atoms with Crippen LogP contribution in [0.2, 0.25) is 0 Å². The molecule has 2 rings (SSSR count). The minimum Gasteiger partial charge on any atom is -0.297 e. The first-order chi connectivity index (χ1) is 8.18. The predicted molar refractivity (Wildman–Crippen MR) is 80.5 cm³/mol. The zero-order valence-electron chi connectivity index (χ0n) is 10.6. The second-order valence-electron chi connectivity index (χ2n) is 5.03. The van der Waals surface area contributed by atoms with E-state index in [9.17, 15) is 0 Å². The summed E-state index contributed by atoms with van der Waals surface area (Å²) in [5.74, 6) is 0. The Bertz CT molecular complexity index is 333. The van der Waals surface area contributed by atoms with Crippen molar-refractivity contribution in [1.82, 2.24) is 9.88 Å². The molecular weight excluding hydrogens is 323 g/mol. The Morgan fingerprint density at radius 3 is 2.65 bits per heavy atom. The van der Waals surface area contributed by atoms with Crippen LogP contribution in [0, 0.1) is 0 Å². The molecule has 3 heteroatoms. The van der Waals surface area contributed by atoms with Gasteiger partial charge in [0, 0.05) is 28.4 Å². The van der Waals surface area contributed by atoms with E-state index in [1.165, 1.54) is 31.2 Å². The summed E-state index contributed by atoms with van der Waals surface area (Å²) in [4.78, 5) is 6.74. The van der Waals surface area contributed by atoms with Crippen LogP contribution in [0.3, 0.4) is 0 Å². The summed E-state index contributed by atoms with van der Waals surface area (Å²) in [5.41, 5.74) is 1.33. The van der Waals surface area contributed by atoms with E-state index < -0.39 is 0 Å². The van der Waals surface area contributed by atoms with E-state index in [2.05, 4.69) is 52.5 Å². The molecule has 1 aromatic rings. The van der Waals surface area contributed by atoms with Crippen LogP contribution in [0.1, 0.15) is 44.2 Å². The smallest absolute Gasteiger partial charge is 0.0335 e. The van der Waals surface area contributed by atoms with Crippen LogP contribution in [-0.4, -0.2) is 26.9 Å². The quantitative estimate of drug-likeness (QED) is 0.612. The molecule has 0 bridgehead atoms. The van der Waals surface area contributed by atoms with Gasteiger partial charge in [0.2, 0.25) is 0 Å². The Hall–Kier alpha value is -0.160. The molecule has 0 aliphatic heterocycles. The SMILES string of the molecule is CC(c1cccnc1)N(C)C1CCC(I)CC1. The Labute approximate surface area is 118 Å². The van der Waals surface area contributed by atoms with Crippen LogP contribution >= 0.6 is 22.6 Å². The van der Waals surface area contributed by atoms with Crippen LogP contribution in [0.5, 0.6) is 0 Å². The second-order valence-corrected chi connectivity index (χ2v) is 6.80. The van der Waals surface area contributed by atoms with Crippen molar-refractivity contribution in [2.75, 3.05) is 7.05 Å². The van der Waals surface area contributed by atoms with Gasteiger partial charge in [-0.15, -0.1) is 0 Å². The molecule has 0 saturated heterocycles. The van der Waals surface area contributed by atoms with Gasteiger partial charge in [0.15, 0.2) is 0 Å². The molecule has 0 amide bonds. The Kier molecular flexibility index (Phi) is 4.79. The van der Waals surface area contributed by atoms with Crippen molar-refractivity contribution in [2.24, 2.45) is 0 Å². The molecule has 1 fully saturated rings. The summed E-state index contributed by atoms with van der Waals surface area (Å²) in [5, 5.41) is 0. The number of halogens is 1. The van der Waals surface area contributed by atoms with E-state index in [1.54, 1.807) is 0 Å². The number of hydrogen-bond donors (Lipinski definition) is 0. The van der Waals surface area contributed by atoms with E-state index in [4.69, 9.17) is 0 Å². The van der Waals surface area contributed by atoms with Crippen LogP contribution in [0.15, 0.2) is 24.5 Å². The lowest BCUT2D eigenvalue weighted by Crippen LogP contribution is -2.37. The Balaban J connectivity index is 1.98. The maximum Gasteiger partial charge on any atom is 0.0335 e. The maximum atomic E-state index is 4.22. The van der Waals surface area contributed by atoms with E-state index >= 15 is 0 Å². The van der Waals surface area contributed by atoms with E-state index in [0.29, 0.717) is 6.04 Å². The van der Waals surface area contributed by atoms with Gasteiger partial charge < -0.3 is 0 Å². The van der Waals surface area contributed by atoms with Crippen molar-refractivity contribution in [3.05, 3.63) is 30.1 Å². The molecule has 17 heavy (non-hydrogen) atoms. The van der Waals surface area contributed by atoms with Gasteiger partial charge >= 0.3 is 0 Å². The Morgan fingerprint density at radius 1 is 1.35 bits per heavy atom. The first-order valence-corrected chi connectivity index (χ1v) is 7.69. The predicted octanol–water partition coefficient (Wildman–Crippen LogP) is 3.82. The summed E-state index contributed by atoms with van der Waals surface area (Å²) in [6.45, 7) is 2.28. The molecule has 1 saturated carbocycles. The third-order valence-electron chi connectivity index (χ3n) is 3.98. The first kappa shape index (κ1) is 13.3. The summed E-state index contributed by atoms with van der Waals surface area (Å²) < 4.78 is 0.894. The summed E-state index contributed by atoms with van der Waals surface area (Å²) in [6, 6.07) is 5.43. The van der Waals surface area contributed by atoms with Crippen LogP contribution in [0.25, 0.3) is 0 Å². The van der Waals surface area contributed by atoms with Crippen LogP contribution < -0.4 is 0 Å². The van der Waals surface area contributed by atoms with Gasteiger partial charge in [-0.05, 0) is 51.3 Å². The second kappa shape index (κ2) is 6.14. The number of aromatic nitrogens is 1. The van der Waals surface area contributed by atoms with Crippen LogP contribution in [0.4, 0.5) is 0 Å². The summed E-state index contributed by atoms with van der Waals surface area (Å²) in [6.07, 6.45) is 9.26. The van der Waals surface area contributed by atoms with Gasteiger partial charge in [0.05, 0.1) is 0 Å². The van der Waals surface area contributed by atoms with Gasteiger partial charge in [-0.25, -0.2) is 0 Å². The molecule has 2 nitrogen and oxygen atoms in total. The number of hydrogen-bond acceptors (Lipinski definition) is 2. The van der Waals surface area contributed by atoms with Crippen molar-refractivity contribution in [3.8, 4) is 0 Å². The lowest BCUT2D eigenvalue weighted by atomic mass is 9.93. The normalized spacial score (nSPS) is 27.1. The van der Waals surface area contributed by atoms with Crippen molar-refractivity contribution in [3.63, 3.8) is 0 Å². The van der Waals surface area contributed by atoms with Gasteiger partial charge in [0.25, 0.3) is 0 Å². The highest BCUT2D eigenvalue weighted by Crippen LogP contribution is 2.31. The van der Waals surface area contributed by atoms with E-state index in [0.717, 1.165) is 9.97 Å². The highest BCUT2D eigenvalue weighted by Gasteiger charge is 2.25. The summed E-state index contributed by atoms with van der Waals surface area (Å²) in [7, 11) is 2.26. The molecule has 1 aromatic heterocycles. The van der Waals surface area contributed by atoms with Crippen LogP contribution in [-0.2, 0) is 0 Å². The molecule has 1 aliphatic carbocycles. The van der Waals surface area contributed by atoms with Gasteiger partial charge in [-0.3, -0.25) is 9.88 Å². The number of alkyl halides is 1. The van der Waals surface area contributed by atoms with Crippen molar-refractivity contribution >= 4 is 22.6 Å². The van der Waals surface area contributed by atoms with Gasteiger partial charge in [-0.2, -0.15) is 0 Å². The van der Waals surface area contributed by atoms with Crippen molar-refractivity contribution in [2.45, 2.75) is 48.6 Å². The molecule has 94 valence electrons. The average molecular weight is 344 g/mol. The lowest BCUT2D eigenvalue weighted by molar-refractivity contribution is 0.149. The monoisotopic (exact) mass is 344 g/mol. The fourth-order valence-electron chi connectivity index (χ4n) is 2.62. The maximum absolute atomic E-state index is 4.22. The largest absolute Gasteiger partial charge is 0.297 e. The third-order valence-corrected chi connectivity index (χ3v) is 5.23. The lowest BCUT2D eigenvalue weighted by Gasteiger charge is -2.37. The molecule has 1 heterocycles. The van der Waals surface area contributed by atoms with E-state index in [1.807, 2.05) is 18.5 Å². The van der Waals surface area contributed by atoms with Gasteiger partial charge in [0.1, 0.15) is 0 Å². The molecule has 0 spiro atoms. The van der Waals surface area contributed by atoms with Crippen molar-refractivity contribution < 1.29 is 0 Å². The Morgan fingerprint density at radius 2 is 2.06 bits per heavy atom. The highest BCUT2D eigenvalue weighted by atomic mass is 127. The highest BCUT2D eigenvalue weighted by molar-refractivity contribution is 14.1. The fraction of sp³-hybridized carbons (Fsp3) is 0.643. The number of rotatable bonds is 3. The molecule has 1 unspecified atom stereocenters. The zero-order chi connectivity index (χ0) is 12.3. The number of nitrogens with zero attached hydrogens (tertiary/aromatic N) is 2. The zero-order valence-corrected chi connectivity index (χ0v) is 12.8. The molecule has 1 aliphatic rings. The van der Waals surface area contributed by atoms with Crippen molar-refractivity contribution in [1.29, 1.82) is 0 Å². The molecular formula is C14H21IN2. The topological polar surface area (TPSA) is 16.1 Å². The molecule has 1 atom stereocenters. The standard InChI is InChI=1S/C14H21IN2/c1-11(12-4-3-9-16-10-12)17(2)14-7-5-13(15)6-8-14/h3-4,9-11,13-14H,5-8H2,1-2H3. The number of pyridine rings is 1. The molecule has 0 N–H and O–H groups in total. The fourth-order valence-corrected chi connectivity index (χ4v) is 3.34. The molecule has 0 radical (unpaired) electrons. The molecule has 0 aromatic carbocycles. The van der Waals surface area contributed by atoms with E-state index in [-0.39, 0.29) is 0 Å². The minimum absolute atomic E-state index is 0.472. The third kappa shape index (κ3) is 3.41.